The molecule has 0 aromatic heterocycles. The van der Waals surface area contributed by atoms with Crippen LogP contribution in [-0.4, -0.2) is 28.6 Å². The number of halogens is 1. The lowest BCUT2D eigenvalue weighted by atomic mass is 10.1. The van der Waals surface area contributed by atoms with E-state index in [1.165, 1.54) is 18.2 Å². The Bertz CT molecular complexity index is 476. The third-order valence-electron chi connectivity index (χ3n) is 2.73. The number of aliphatic carboxylic acids is 1. The van der Waals surface area contributed by atoms with Gasteiger partial charge in [0.1, 0.15) is 5.75 Å². The first-order valence-corrected chi connectivity index (χ1v) is 6.29. The number of aromatic hydroxyl groups is 1. The van der Waals surface area contributed by atoms with Gasteiger partial charge in [-0.05, 0) is 31.0 Å². The minimum Gasteiger partial charge on any atom is -0.507 e. The van der Waals surface area contributed by atoms with Gasteiger partial charge in [-0.3, -0.25) is 9.59 Å². The van der Waals surface area contributed by atoms with Gasteiger partial charge in [-0.1, -0.05) is 18.5 Å². The highest BCUT2D eigenvalue weighted by molar-refractivity contribution is 6.30. The summed E-state index contributed by atoms with van der Waals surface area (Å²) in [4.78, 5) is 22.3. The van der Waals surface area contributed by atoms with E-state index in [1.54, 1.807) is 6.92 Å². The molecule has 0 aliphatic rings. The van der Waals surface area contributed by atoms with Crippen LogP contribution in [0.3, 0.4) is 0 Å². The van der Waals surface area contributed by atoms with E-state index in [4.69, 9.17) is 16.7 Å². The largest absolute Gasteiger partial charge is 0.507 e. The number of amides is 1. The van der Waals surface area contributed by atoms with Gasteiger partial charge in [-0.2, -0.15) is 0 Å². The van der Waals surface area contributed by atoms with Gasteiger partial charge in [0.2, 0.25) is 0 Å². The lowest BCUT2D eigenvalue weighted by Crippen LogP contribution is -2.25. The number of carboxylic acid groups (broad SMARTS) is 1. The molecule has 0 bridgehead atoms. The molecule has 0 fully saturated rings. The monoisotopic (exact) mass is 285 g/mol. The molecule has 0 saturated heterocycles. The molecule has 0 radical (unpaired) electrons. The van der Waals surface area contributed by atoms with Crippen molar-refractivity contribution in [2.45, 2.75) is 19.8 Å². The molecule has 0 saturated carbocycles. The van der Waals surface area contributed by atoms with Crippen molar-refractivity contribution in [3.8, 4) is 5.75 Å². The fourth-order valence-corrected chi connectivity index (χ4v) is 1.69. The Hall–Kier alpha value is -1.75. The first-order valence-electron chi connectivity index (χ1n) is 5.91. The zero-order valence-corrected chi connectivity index (χ0v) is 11.3. The number of rotatable bonds is 6. The predicted molar refractivity (Wildman–Crippen MR) is 71.5 cm³/mol. The van der Waals surface area contributed by atoms with Crippen LogP contribution in [0.15, 0.2) is 18.2 Å². The molecule has 104 valence electrons. The molecular weight excluding hydrogens is 270 g/mol. The van der Waals surface area contributed by atoms with Gasteiger partial charge < -0.3 is 15.5 Å². The molecule has 19 heavy (non-hydrogen) atoms. The molecule has 1 aromatic rings. The number of nitrogens with one attached hydrogen (secondary N) is 1. The molecule has 1 atom stereocenters. The van der Waals surface area contributed by atoms with Gasteiger partial charge >= 0.3 is 5.97 Å². The summed E-state index contributed by atoms with van der Waals surface area (Å²) < 4.78 is 0. The fraction of sp³-hybridized carbons (Fsp3) is 0.385. The molecule has 1 unspecified atom stereocenters. The lowest BCUT2D eigenvalue weighted by Gasteiger charge is -2.08. The highest BCUT2D eigenvalue weighted by atomic mass is 35.5. The van der Waals surface area contributed by atoms with E-state index in [0.717, 1.165) is 0 Å². The van der Waals surface area contributed by atoms with Gasteiger partial charge in [0.25, 0.3) is 5.91 Å². The van der Waals surface area contributed by atoms with Crippen LogP contribution in [0.2, 0.25) is 5.02 Å². The quantitative estimate of drug-likeness (QED) is 0.700. The van der Waals surface area contributed by atoms with Crippen molar-refractivity contribution in [1.82, 2.24) is 5.32 Å². The maximum absolute atomic E-state index is 11.7. The lowest BCUT2D eigenvalue weighted by molar-refractivity contribution is -0.141. The van der Waals surface area contributed by atoms with E-state index in [0.29, 0.717) is 24.4 Å². The number of hydrogen-bond acceptors (Lipinski definition) is 3. The van der Waals surface area contributed by atoms with Crippen LogP contribution in [0.25, 0.3) is 0 Å². The Kier molecular flexibility index (Phi) is 5.63. The van der Waals surface area contributed by atoms with Crippen LogP contribution in [0.1, 0.15) is 30.1 Å². The molecule has 5 nitrogen and oxygen atoms in total. The second-order valence-corrected chi connectivity index (χ2v) is 4.74. The SMILES string of the molecule is CC(CCCNC(=O)c1ccc(Cl)cc1O)C(=O)O. The molecular formula is C13H16ClNO4. The van der Waals surface area contributed by atoms with Crippen molar-refractivity contribution in [3.63, 3.8) is 0 Å². The maximum Gasteiger partial charge on any atom is 0.306 e. The number of carbonyl (C=O) groups excluding carboxylic acids is 1. The van der Waals surface area contributed by atoms with E-state index < -0.39 is 17.8 Å². The minimum absolute atomic E-state index is 0.149. The molecule has 3 N–H and O–H groups in total. The van der Waals surface area contributed by atoms with E-state index >= 15 is 0 Å². The van der Waals surface area contributed by atoms with E-state index in [9.17, 15) is 14.7 Å². The molecule has 1 amide bonds. The standard InChI is InChI=1S/C13H16ClNO4/c1-8(13(18)19)3-2-6-15-12(17)10-5-4-9(14)7-11(10)16/h4-5,7-8,16H,2-3,6H2,1H3,(H,15,17)(H,18,19). The molecule has 1 rings (SSSR count). The Morgan fingerprint density at radius 3 is 2.68 bits per heavy atom. The molecule has 0 aliphatic heterocycles. The zero-order valence-electron chi connectivity index (χ0n) is 10.5. The smallest absolute Gasteiger partial charge is 0.306 e. The topological polar surface area (TPSA) is 86.6 Å². The fourth-order valence-electron chi connectivity index (χ4n) is 1.53. The summed E-state index contributed by atoms with van der Waals surface area (Å²) in [6, 6.07) is 4.25. The van der Waals surface area contributed by atoms with Gasteiger partial charge in [-0.25, -0.2) is 0 Å². The molecule has 0 aliphatic carbocycles. The van der Waals surface area contributed by atoms with Crippen LogP contribution < -0.4 is 5.32 Å². The molecule has 0 heterocycles. The Balaban J connectivity index is 2.41. The van der Waals surface area contributed by atoms with Crippen molar-refractivity contribution >= 4 is 23.5 Å². The van der Waals surface area contributed by atoms with Crippen LogP contribution >= 0.6 is 11.6 Å². The van der Waals surface area contributed by atoms with Crippen molar-refractivity contribution in [2.24, 2.45) is 5.92 Å². The number of phenolic OH excluding ortho intramolecular Hbond substituents is 1. The first kappa shape index (κ1) is 15.3. The van der Waals surface area contributed by atoms with Crippen LogP contribution in [0, 0.1) is 5.92 Å². The number of hydrogen-bond donors (Lipinski definition) is 3. The maximum atomic E-state index is 11.7. The highest BCUT2D eigenvalue weighted by Crippen LogP contribution is 2.21. The van der Waals surface area contributed by atoms with Gasteiger partial charge in [0.05, 0.1) is 11.5 Å². The summed E-state index contributed by atoms with van der Waals surface area (Å²) in [5, 5.41) is 21.2. The number of carboxylic acids is 1. The number of carbonyl (C=O) groups is 2. The Morgan fingerprint density at radius 2 is 2.11 bits per heavy atom. The van der Waals surface area contributed by atoms with Gasteiger partial charge in [0, 0.05) is 11.6 Å². The van der Waals surface area contributed by atoms with Crippen LogP contribution in [0.4, 0.5) is 0 Å². The van der Waals surface area contributed by atoms with Gasteiger partial charge in [-0.15, -0.1) is 0 Å². The Morgan fingerprint density at radius 1 is 1.42 bits per heavy atom. The van der Waals surface area contributed by atoms with Crippen molar-refractivity contribution < 1.29 is 19.8 Å². The zero-order chi connectivity index (χ0) is 14.4. The van der Waals surface area contributed by atoms with Crippen LogP contribution in [-0.2, 0) is 4.79 Å². The second-order valence-electron chi connectivity index (χ2n) is 4.30. The second kappa shape index (κ2) is 6.99. The number of phenols is 1. The molecule has 6 heteroatoms. The van der Waals surface area contributed by atoms with E-state index in [2.05, 4.69) is 5.32 Å². The number of benzene rings is 1. The summed E-state index contributed by atoms with van der Waals surface area (Å²) in [5.41, 5.74) is 0.149. The normalized spacial score (nSPS) is 11.9. The predicted octanol–water partition coefficient (Wildman–Crippen LogP) is 2.28. The average Bonchev–Trinajstić information content (AvgIpc) is 2.33. The summed E-state index contributed by atoms with van der Waals surface area (Å²) in [6.07, 6.45) is 1.05. The Labute approximate surface area is 116 Å². The van der Waals surface area contributed by atoms with E-state index in [1.807, 2.05) is 0 Å². The van der Waals surface area contributed by atoms with E-state index in [-0.39, 0.29) is 11.3 Å². The van der Waals surface area contributed by atoms with Gasteiger partial charge in [0.15, 0.2) is 0 Å². The van der Waals surface area contributed by atoms with Crippen molar-refractivity contribution in [3.05, 3.63) is 28.8 Å². The van der Waals surface area contributed by atoms with Crippen LogP contribution in [0.5, 0.6) is 5.75 Å². The minimum atomic E-state index is -0.846. The average molecular weight is 286 g/mol. The molecule has 0 spiro atoms. The highest BCUT2D eigenvalue weighted by Gasteiger charge is 2.12. The third-order valence-corrected chi connectivity index (χ3v) is 2.96. The first-order chi connectivity index (χ1) is 8.91. The van der Waals surface area contributed by atoms with Crippen molar-refractivity contribution in [1.29, 1.82) is 0 Å². The summed E-state index contributed by atoms with van der Waals surface area (Å²) in [7, 11) is 0. The summed E-state index contributed by atoms with van der Waals surface area (Å²) in [6.45, 7) is 1.98. The third kappa shape index (κ3) is 4.79. The molecule has 1 aromatic carbocycles. The summed E-state index contributed by atoms with van der Waals surface area (Å²) >= 11 is 5.67. The van der Waals surface area contributed by atoms with Crippen molar-refractivity contribution in [2.75, 3.05) is 6.54 Å². The summed E-state index contributed by atoms with van der Waals surface area (Å²) in [5.74, 6) is -1.86.